The minimum Gasteiger partial charge on any atom is -0.394 e. The van der Waals surface area contributed by atoms with Crippen LogP contribution in [0.5, 0.6) is 0 Å². The van der Waals surface area contributed by atoms with Crippen molar-refractivity contribution in [3.05, 3.63) is 28.8 Å². The lowest BCUT2D eigenvalue weighted by Gasteiger charge is -2.43. The molecule has 19 heavy (non-hydrogen) atoms. The molecule has 1 atom stereocenters. The second-order valence-corrected chi connectivity index (χ2v) is 5.95. The molecule has 0 saturated carbocycles. The smallest absolute Gasteiger partial charge is 0.0988 e. The number of ether oxygens (including phenoxy) is 1. The third-order valence-corrected chi connectivity index (χ3v) is 3.66. The Kier molecular flexibility index (Phi) is 4.36. The number of aliphatic hydroxyl groups is 1. The van der Waals surface area contributed by atoms with Crippen LogP contribution in [0.25, 0.3) is 0 Å². The molecule has 1 fully saturated rings. The van der Waals surface area contributed by atoms with Crippen LogP contribution in [0.2, 0.25) is 5.02 Å². The second-order valence-electron chi connectivity index (χ2n) is 5.54. The number of nitrogens with zero attached hydrogens (tertiary/aromatic N) is 1. The molecule has 0 aliphatic carbocycles. The fourth-order valence-corrected chi connectivity index (χ4v) is 2.74. The van der Waals surface area contributed by atoms with Gasteiger partial charge < -0.3 is 20.5 Å². The normalized spacial score (nSPS) is 22.6. The first-order valence-corrected chi connectivity index (χ1v) is 6.85. The van der Waals surface area contributed by atoms with Gasteiger partial charge in [0.1, 0.15) is 0 Å². The molecule has 3 N–H and O–H groups in total. The molecule has 1 heterocycles. The molecule has 106 valence electrons. The number of hydrogen-bond acceptors (Lipinski definition) is 4. The van der Waals surface area contributed by atoms with Crippen molar-refractivity contribution in [2.24, 2.45) is 5.73 Å². The van der Waals surface area contributed by atoms with E-state index in [1.165, 1.54) is 0 Å². The number of aliphatic hydroxyl groups excluding tert-OH is 1. The van der Waals surface area contributed by atoms with Gasteiger partial charge in [-0.05, 0) is 31.5 Å². The van der Waals surface area contributed by atoms with Gasteiger partial charge >= 0.3 is 0 Å². The minimum atomic E-state index is -0.287. The van der Waals surface area contributed by atoms with Gasteiger partial charge in [0.2, 0.25) is 0 Å². The van der Waals surface area contributed by atoms with E-state index in [0.29, 0.717) is 18.1 Å². The first-order chi connectivity index (χ1) is 8.95. The summed E-state index contributed by atoms with van der Waals surface area (Å²) in [4.78, 5) is 2.19. The molecule has 4 nitrogen and oxygen atoms in total. The first-order valence-electron chi connectivity index (χ1n) is 6.47. The van der Waals surface area contributed by atoms with Crippen molar-refractivity contribution in [3.8, 4) is 0 Å². The zero-order chi connectivity index (χ0) is 14.0. The van der Waals surface area contributed by atoms with Crippen LogP contribution in [0.15, 0.2) is 18.2 Å². The van der Waals surface area contributed by atoms with E-state index >= 15 is 0 Å². The molecule has 2 rings (SSSR count). The number of hydrogen-bond donors (Lipinski definition) is 2. The van der Waals surface area contributed by atoms with Crippen LogP contribution in [0.3, 0.4) is 0 Å². The zero-order valence-electron chi connectivity index (χ0n) is 11.4. The van der Waals surface area contributed by atoms with Gasteiger partial charge in [0.15, 0.2) is 0 Å². The molecular weight excluding hydrogens is 264 g/mol. The predicted octanol–water partition coefficient (Wildman–Crippen LogP) is 1.77. The summed E-state index contributed by atoms with van der Waals surface area (Å²) in [6.07, 6.45) is -0.170. The molecule has 0 spiro atoms. The fraction of sp³-hybridized carbons (Fsp3) is 0.571. The van der Waals surface area contributed by atoms with Crippen molar-refractivity contribution in [2.75, 3.05) is 24.6 Å². The van der Waals surface area contributed by atoms with Crippen molar-refractivity contribution >= 4 is 17.3 Å². The lowest BCUT2D eigenvalue weighted by molar-refractivity contribution is -0.101. The van der Waals surface area contributed by atoms with Gasteiger partial charge in [0.05, 0.1) is 18.3 Å². The Balaban J connectivity index is 2.23. The maximum absolute atomic E-state index is 9.33. The van der Waals surface area contributed by atoms with Crippen molar-refractivity contribution < 1.29 is 9.84 Å². The third kappa shape index (κ3) is 3.39. The van der Waals surface area contributed by atoms with Crippen molar-refractivity contribution in [1.82, 2.24) is 0 Å². The lowest BCUT2D eigenvalue weighted by atomic mass is 10.0. The number of nitrogens with two attached hydrogens (primary N) is 1. The van der Waals surface area contributed by atoms with E-state index in [9.17, 15) is 5.11 Å². The van der Waals surface area contributed by atoms with Gasteiger partial charge in [0, 0.05) is 30.3 Å². The van der Waals surface area contributed by atoms with E-state index in [0.717, 1.165) is 17.8 Å². The van der Waals surface area contributed by atoms with E-state index in [-0.39, 0.29) is 18.3 Å². The van der Waals surface area contributed by atoms with Gasteiger partial charge in [-0.15, -0.1) is 0 Å². The van der Waals surface area contributed by atoms with Gasteiger partial charge in [-0.1, -0.05) is 17.7 Å². The predicted molar refractivity (Wildman–Crippen MR) is 77.6 cm³/mol. The zero-order valence-corrected chi connectivity index (χ0v) is 12.2. The minimum absolute atomic E-state index is 0.0224. The highest BCUT2D eigenvalue weighted by molar-refractivity contribution is 6.31. The Morgan fingerprint density at radius 1 is 1.53 bits per heavy atom. The van der Waals surface area contributed by atoms with Crippen molar-refractivity contribution in [1.29, 1.82) is 0 Å². The molecule has 0 radical (unpaired) electrons. The van der Waals surface area contributed by atoms with E-state index in [1.807, 2.05) is 32.0 Å². The maximum Gasteiger partial charge on any atom is 0.0988 e. The molecule has 1 unspecified atom stereocenters. The van der Waals surface area contributed by atoms with Crippen LogP contribution >= 0.6 is 11.6 Å². The van der Waals surface area contributed by atoms with E-state index < -0.39 is 0 Å². The fourth-order valence-electron chi connectivity index (χ4n) is 2.49. The Hall–Kier alpha value is -0.810. The Bertz CT molecular complexity index is 451. The van der Waals surface area contributed by atoms with Crippen LogP contribution in [0, 0.1) is 0 Å². The highest BCUT2D eigenvalue weighted by Crippen LogP contribution is 2.29. The molecule has 0 amide bonds. The number of benzene rings is 1. The highest BCUT2D eigenvalue weighted by atomic mass is 35.5. The van der Waals surface area contributed by atoms with E-state index in [2.05, 4.69) is 4.90 Å². The maximum atomic E-state index is 9.33. The molecule has 1 aromatic rings. The summed E-state index contributed by atoms with van der Waals surface area (Å²) in [6, 6.07) is 5.90. The molecular formula is C14H21ClN2O2. The lowest BCUT2D eigenvalue weighted by Crippen LogP contribution is -2.54. The Labute approximate surface area is 119 Å². The van der Waals surface area contributed by atoms with Gasteiger partial charge in [-0.2, -0.15) is 0 Å². The van der Waals surface area contributed by atoms with Crippen LogP contribution in [0.4, 0.5) is 5.69 Å². The van der Waals surface area contributed by atoms with Crippen LogP contribution in [-0.4, -0.2) is 36.5 Å². The summed E-state index contributed by atoms with van der Waals surface area (Å²) >= 11 is 6.20. The first kappa shape index (κ1) is 14.6. The number of rotatable bonds is 3. The highest BCUT2D eigenvalue weighted by Gasteiger charge is 2.33. The van der Waals surface area contributed by atoms with Crippen molar-refractivity contribution in [3.63, 3.8) is 0 Å². The summed E-state index contributed by atoms with van der Waals surface area (Å²) in [6.45, 7) is 5.94. The van der Waals surface area contributed by atoms with Gasteiger partial charge in [0.25, 0.3) is 0 Å². The summed E-state index contributed by atoms with van der Waals surface area (Å²) in [5.41, 5.74) is 7.31. The van der Waals surface area contributed by atoms with Crippen LogP contribution in [-0.2, 0) is 11.3 Å². The number of morpholine rings is 1. The number of halogens is 1. The van der Waals surface area contributed by atoms with Gasteiger partial charge in [-0.25, -0.2) is 0 Å². The monoisotopic (exact) mass is 284 g/mol. The molecule has 5 heteroatoms. The topological polar surface area (TPSA) is 58.7 Å². The Morgan fingerprint density at radius 2 is 2.26 bits per heavy atom. The van der Waals surface area contributed by atoms with Crippen molar-refractivity contribution in [2.45, 2.75) is 32.1 Å². The van der Waals surface area contributed by atoms with E-state index in [1.54, 1.807) is 0 Å². The third-order valence-electron chi connectivity index (χ3n) is 3.31. The van der Waals surface area contributed by atoms with Gasteiger partial charge in [-0.3, -0.25) is 0 Å². The van der Waals surface area contributed by atoms with Crippen LogP contribution < -0.4 is 10.6 Å². The standard InChI is InChI=1S/C14H21ClN2O2/c1-14(2)9-17(7-12(8-18)19-14)11-4-3-10(6-16)13(15)5-11/h3-5,12,18H,6-9,16H2,1-2H3. The molecule has 1 saturated heterocycles. The SMILES string of the molecule is CC1(C)CN(c2ccc(CN)c(Cl)c2)CC(CO)O1. The summed E-state index contributed by atoms with van der Waals surface area (Å²) < 4.78 is 5.81. The molecule has 0 aromatic heterocycles. The largest absolute Gasteiger partial charge is 0.394 e. The molecule has 1 aliphatic heterocycles. The molecule has 1 aromatic carbocycles. The second kappa shape index (κ2) is 5.67. The summed E-state index contributed by atoms with van der Waals surface area (Å²) in [5, 5.41) is 10.0. The Morgan fingerprint density at radius 3 is 2.84 bits per heavy atom. The average Bonchev–Trinajstić information content (AvgIpc) is 2.36. The summed E-state index contributed by atoms with van der Waals surface area (Å²) in [7, 11) is 0. The quantitative estimate of drug-likeness (QED) is 0.888. The number of anilines is 1. The molecule has 0 bridgehead atoms. The summed E-state index contributed by atoms with van der Waals surface area (Å²) in [5.74, 6) is 0. The van der Waals surface area contributed by atoms with Crippen LogP contribution in [0.1, 0.15) is 19.4 Å². The van der Waals surface area contributed by atoms with E-state index in [4.69, 9.17) is 22.1 Å². The molecule has 1 aliphatic rings. The average molecular weight is 285 g/mol.